The van der Waals surface area contributed by atoms with E-state index in [0.29, 0.717) is 18.7 Å². The molecule has 0 saturated carbocycles. The number of ether oxygens (including phenoxy) is 2. The zero-order valence-electron chi connectivity index (χ0n) is 15.4. The predicted molar refractivity (Wildman–Crippen MR) is 104 cm³/mol. The van der Waals surface area contributed by atoms with Crippen LogP contribution in [0.15, 0.2) is 47.5 Å². The summed E-state index contributed by atoms with van der Waals surface area (Å²) < 4.78 is 13.2. The average Bonchev–Trinajstić information content (AvgIpc) is 3.04. The Hall–Kier alpha value is -2.92. The molecule has 0 N–H and O–H groups in total. The van der Waals surface area contributed by atoms with Crippen LogP contribution in [0.2, 0.25) is 0 Å². The van der Waals surface area contributed by atoms with Gasteiger partial charge in [0.1, 0.15) is 0 Å². The van der Waals surface area contributed by atoms with Crippen LogP contribution in [0.1, 0.15) is 43.2 Å². The van der Waals surface area contributed by atoms with Crippen LogP contribution in [0.4, 0.5) is 0 Å². The van der Waals surface area contributed by atoms with Crippen LogP contribution >= 0.6 is 0 Å². The molecule has 3 aromatic rings. The summed E-state index contributed by atoms with van der Waals surface area (Å²) in [7, 11) is 0. The molecule has 27 heavy (non-hydrogen) atoms. The molecule has 2 aromatic heterocycles. The van der Waals surface area contributed by atoms with E-state index in [9.17, 15) is 4.79 Å². The maximum Gasteiger partial charge on any atom is 0.261 e. The van der Waals surface area contributed by atoms with Crippen molar-refractivity contribution in [1.82, 2.24) is 9.55 Å². The Morgan fingerprint density at radius 1 is 1.26 bits per heavy atom. The van der Waals surface area contributed by atoms with Crippen LogP contribution in [0.5, 0.6) is 0 Å². The summed E-state index contributed by atoms with van der Waals surface area (Å²) in [4.78, 5) is 18.2. The van der Waals surface area contributed by atoms with Crippen LogP contribution in [0, 0.1) is 0 Å². The van der Waals surface area contributed by atoms with Crippen molar-refractivity contribution in [3.63, 3.8) is 0 Å². The maximum atomic E-state index is 13.4. The second-order valence-corrected chi connectivity index (χ2v) is 6.86. The topological polar surface area (TPSA) is 53.4 Å². The van der Waals surface area contributed by atoms with E-state index in [-0.39, 0.29) is 5.56 Å². The molecule has 0 bridgehead atoms. The molecule has 5 nitrogen and oxygen atoms in total. The normalized spacial score (nSPS) is 17.1. The fourth-order valence-electron chi connectivity index (χ4n) is 4.00. The van der Waals surface area contributed by atoms with Crippen LogP contribution in [-0.2, 0) is 16.0 Å². The predicted octanol–water partition coefficient (Wildman–Crippen LogP) is 4.24. The van der Waals surface area contributed by atoms with Gasteiger partial charge in [0.15, 0.2) is 0 Å². The second-order valence-electron chi connectivity index (χ2n) is 6.86. The quantitative estimate of drug-likeness (QED) is 0.548. The Bertz CT molecular complexity index is 1160. The first-order valence-electron chi connectivity index (χ1n) is 9.34. The molecule has 2 aliphatic rings. The summed E-state index contributed by atoms with van der Waals surface area (Å²) in [5.41, 5.74) is 6.25. The molecule has 1 aromatic carbocycles. The van der Waals surface area contributed by atoms with Gasteiger partial charge in [0.2, 0.25) is 6.29 Å². The van der Waals surface area contributed by atoms with Crippen molar-refractivity contribution in [1.29, 1.82) is 0 Å². The summed E-state index contributed by atoms with van der Waals surface area (Å²) in [6, 6.07) is 12.3. The number of hydrogen-bond acceptors (Lipinski definition) is 4. The zero-order valence-corrected chi connectivity index (χ0v) is 15.4. The van der Waals surface area contributed by atoms with E-state index in [1.807, 2.05) is 25.1 Å². The van der Waals surface area contributed by atoms with E-state index in [4.69, 9.17) is 14.5 Å². The van der Waals surface area contributed by atoms with E-state index in [1.165, 1.54) is 0 Å². The second kappa shape index (κ2) is 6.06. The number of hydrogen-bond donors (Lipinski definition) is 0. The van der Waals surface area contributed by atoms with Gasteiger partial charge in [0.05, 0.1) is 35.3 Å². The van der Waals surface area contributed by atoms with Gasteiger partial charge in [0.25, 0.3) is 5.56 Å². The Morgan fingerprint density at radius 3 is 2.93 bits per heavy atom. The highest BCUT2D eigenvalue weighted by atomic mass is 16.7. The van der Waals surface area contributed by atoms with Gasteiger partial charge in [-0.1, -0.05) is 25.1 Å². The van der Waals surface area contributed by atoms with Gasteiger partial charge in [-0.3, -0.25) is 4.79 Å². The zero-order chi connectivity index (χ0) is 18.5. The molecule has 0 aliphatic carbocycles. The number of para-hydroxylation sites is 1. The minimum atomic E-state index is -0.652. The Labute approximate surface area is 156 Å². The molecule has 136 valence electrons. The van der Waals surface area contributed by atoms with Crippen molar-refractivity contribution in [3.05, 3.63) is 69.7 Å². The van der Waals surface area contributed by atoms with Crippen LogP contribution < -0.4 is 5.56 Å². The molecular weight excluding hydrogens is 340 g/mol. The number of aromatic nitrogens is 2. The van der Waals surface area contributed by atoms with E-state index in [1.54, 1.807) is 10.8 Å². The number of rotatable bonds is 3. The average molecular weight is 360 g/mol. The van der Waals surface area contributed by atoms with Crippen molar-refractivity contribution < 1.29 is 9.47 Å². The Balaban J connectivity index is 1.76. The monoisotopic (exact) mass is 360 g/mol. The summed E-state index contributed by atoms with van der Waals surface area (Å²) in [6.07, 6.45) is 1.86. The molecule has 1 atom stereocenters. The Morgan fingerprint density at radius 2 is 2.11 bits per heavy atom. The van der Waals surface area contributed by atoms with Gasteiger partial charge in [-0.05, 0) is 42.7 Å². The Kier molecular flexibility index (Phi) is 3.65. The summed E-state index contributed by atoms with van der Waals surface area (Å²) in [5, 5.41) is 1.09. The summed E-state index contributed by atoms with van der Waals surface area (Å²) in [6.45, 7) is 4.97. The van der Waals surface area contributed by atoms with E-state index < -0.39 is 6.29 Å². The van der Waals surface area contributed by atoms with Gasteiger partial charge in [-0.15, -0.1) is 0 Å². The van der Waals surface area contributed by atoms with Crippen LogP contribution in [-0.4, -0.2) is 16.2 Å². The number of allylic oxidation sites excluding steroid dienone is 1. The minimum Gasteiger partial charge on any atom is -0.468 e. The van der Waals surface area contributed by atoms with Crippen molar-refractivity contribution in [2.75, 3.05) is 6.61 Å². The first-order chi connectivity index (χ1) is 13.2. The largest absolute Gasteiger partial charge is 0.468 e. The molecular formula is C22H20N2O3. The lowest BCUT2D eigenvalue weighted by Crippen LogP contribution is -2.29. The third-order valence-corrected chi connectivity index (χ3v) is 5.33. The summed E-state index contributed by atoms with van der Waals surface area (Å²) in [5.74, 6) is 0. The number of benzene rings is 1. The van der Waals surface area contributed by atoms with Gasteiger partial charge < -0.3 is 14.0 Å². The standard InChI is InChI=1S/C22H20N2O3/c1-3-13-12-27-22(26-4-2)19-16(13)10-18-20-15(11-24(18)21(19)25)9-14-7-5-6-8-17(14)23-20/h5-10,12,22H,3-4,11H2,1-2H3. The SMILES string of the molecule is CCOC1OC=C(CC)c2cc3n(c(=O)c21)Cc1cc2ccccc2nc1-3. The molecule has 0 saturated heterocycles. The fraction of sp³-hybridized carbons (Fsp3) is 0.273. The molecule has 0 radical (unpaired) electrons. The smallest absolute Gasteiger partial charge is 0.261 e. The lowest BCUT2D eigenvalue weighted by atomic mass is 9.96. The third kappa shape index (κ3) is 2.35. The highest BCUT2D eigenvalue weighted by Gasteiger charge is 2.32. The van der Waals surface area contributed by atoms with Crippen molar-refractivity contribution >= 4 is 16.5 Å². The lowest BCUT2D eigenvalue weighted by Gasteiger charge is -2.26. The van der Waals surface area contributed by atoms with E-state index in [2.05, 4.69) is 25.1 Å². The first kappa shape index (κ1) is 16.3. The number of fused-ring (bicyclic) bond motifs is 5. The highest BCUT2D eigenvalue weighted by Crippen LogP contribution is 2.38. The van der Waals surface area contributed by atoms with Crippen LogP contribution in [0.3, 0.4) is 0 Å². The molecule has 5 heteroatoms. The van der Waals surface area contributed by atoms with Gasteiger partial charge in [0, 0.05) is 17.6 Å². The first-order valence-corrected chi connectivity index (χ1v) is 9.34. The highest BCUT2D eigenvalue weighted by molar-refractivity contribution is 5.84. The van der Waals surface area contributed by atoms with Crippen molar-refractivity contribution in [2.45, 2.75) is 33.1 Å². The van der Waals surface area contributed by atoms with Gasteiger partial charge in [-0.2, -0.15) is 0 Å². The minimum absolute atomic E-state index is 0.0537. The summed E-state index contributed by atoms with van der Waals surface area (Å²) >= 11 is 0. The molecule has 4 heterocycles. The molecule has 0 fully saturated rings. The van der Waals surface area contributed by atoms with E-state index in [0.717, 1.165) is 45.4 Å². The van der Waals surface area contributed by atoms with Crippen molar-refractivity contribution in [3.8, 4) is 11.4 Å². The van der Waals surface area contributed by atoms with Gasteiger partial charge in [-0.25, -0.2) is 4.98 Å². The fourth-order valence-corrected chi connectivity index (χ4v) is 4.00. The van der Waals surface area contributed by atoms with Crippen molar-refractivity contribution in [2.24, 2.45) is 0 Å². The lowest BCUT2D eigenvalue weighted by molar-refractivity contribution is -0.109. The maximum absolute atomic E-state index is 13.4. The molecule has 0 amide bonds. The van der Waals surface area contributed by atoms with E-state index >= 15 is 0 Å². The third-order valence-electron chi connectivity index (χ3n) is 5.33. The van der Waals surface area contributed by atoms with Gasteiger partial charge >= 0.3 is 0 Å². The molecule has 5 rings (SSSR count). The molecule has 0 spiro atoms. The molecule has 2 aliphatic heterocycles. The number of nitrogens with zero attached hydrogens (tertiary/aromatic N) is 2. The number of pyridine rings is 2. The molecule has 1 unspecified atom stereocenters. The van der Waals surface area contributed by atoms with Crippen LogP contribution in [0.25, 0.3) is 27.9 Å².